The van der Waals surface area contributed by atoms with E-state index >= 15 is 0 Å². The molecule has 1 aliphatic carbocycles. The molecular weight excluding hydrogens is 262 g/mol. The average molecular weight is 287 g/mol. The van der Waals surface area contributed by atoms with E-state index in [1.807, 2.05) is 13.8 Å². The van der Waals surface area contributed by atoms with Crippen LogP contribution in [0.2, 0.25) is 0 Å². The molecule has 0 radical (unpaired) electrons. The molecule has 0 aromatic rings. The Morgan fingerprint density at radius 1 is 1.25 bits per heavy atom. The van der Waals surface area contributed by atoms with E-state index in [1.54, 1.807) is 20.8 Å². The smallest absolute Gasteiger partial charge is 0.407 e. The van der Waals surface area contributed by atoms with Gasteiger partial charge < -0.3 is 20.3 Å². The van der Waals surface area contributed by atoms with Crippen LogP contribution in [0.3, 0.4) is 0 Å². The summed E-state index contributed by atoms with van der Waals surface area (Å²) in [4.78, 5) is 22.9. The van der Waals surface area contributed by atoms with Crippen molar-refractivity contribution in [2.45, 2.75) is 65.2 Å². The van der Waals surface area contributed by atoms with Crippen LogP contribution in [0.15, 0.2) is 0 Å². The second-order valence-corrected chi connectivity index (χ2v) is 6.84. The van der Waals surface area contributed by atoms with Crippen molar-refractivity contribution < 1.29 is 24.5 Å². The number of aliphatic hydroxyl groups excluding tert-OH is 1. The fraction of sp³-hybridized carbons (Fsp3) is 0.857. The van der Waals surface area contributed by atoms with Gasteiger partial charge in [-0.2, -0.15) is 0 Å². The van der Waals surface area contributed by atoms with Gasteiger partial charge in [0.05, 0.1) is 0 Å². The van der Waals surface area contributed by atoms with Crippen LogP contribution in [-0.2, 0) is 9.53 Å². The second-order valence-electron chi connectivity index (χ2n) is 6.84. The predicted molar refractivity (Wildman–Crippen MR) is 73.3 cm³/mol. The third-order valence-electron chi connectivity index (χ3n) is 3.56. The number of hydrogen-bond acceptors (Lipinski definition) is 4. The largest absolute Gasteiger partial charge is 0.479 e. The molecule has 0 aromatic carbocycles. The van der Waals surface area contributed by atoms with Crippen LogP contribution in [0.1, 0.15) is 47.5 Å². The van der Waals surface area contributed by atoms with Gasteiger partial charge in [0.15, 0.2) is 6.10 Å². The SMILES string of the molecule is CC(C)C(NC(=O)OC(C)(C)C)C1(C(O)C(=O)O)CC1. The molecule has 116 valence electrons. The number of amides is 1. The van der Waals surface area contributed by atoms with Gasteiger partial charge in [-0.25, -0.2) is 9.59 Å². The summed E-state index contributed by atoms with van der Waals surface area (Å²) in [7, 11) is 0. The molecule has 6 nitrogen and oxygen atoms in total. The predicted octanol–water partition coefficient (Wildman–Crippen LogP) is 1.76. The molecule has 3 N–H and O–H groups in total. The van der Waals surface area contributed by atoms with E-state index in [1.165, 1.54) is 0 Å². The first kappa shape index (κ1) is 16.8. The number of nitrogens with one attached hydrogen (secondary N) is 1. The molecule has 0 saturated heterocycles. The highest BCUT2D eigenvalue weighted by molar-refractivity contribution is 5.74. The zero-order valence-electron chi connectivity index (χ0n) is 12.8. The van der Waals surface area contributed by atoms with Gasteiger partial charge in [0.1, 0.15) is 5.60 Å². The summed E-state index contributed by atoms with van der Waals surface area (Å²) < 4.78 is 5.20. The molecule has 1 aliphatic rings. The van der Waals surface area contributed by atoms with E-state index in [0.29, 0.717) is 12.8 Å². The number of aliphatic carboxylic acids is 1. The van der Waals surface area contributed by atoms with Crippen molar-refractivity contribution in [1.82, 2.24) is 5.32 Å². The van der Waals surface area contributed by atoms with E-state index in [-0.39, 0.29) is 5.92 Å². The van der Waals surface area contributed by atoms with Crippen molar-refractivity contribution in [3.8, 4) is 0 Å². The number of carboxylic acids is 1. The van der Waals surface area contributed by atoms with Crippen molar-refractivity contribution in [2.24, 2.45) is 11.3 Å². The Bertz CT molecular complexity index is 382. The molecule has 0 spiro atoms. The summed E-state index contributed by atoms with van der Waals surface area (Å²) in [5.74, 6) is -1.25. The van der Waals surface area contributed by atoms with Gasteiger partial charge in [-0.05, 0) is 39.5 Å². The summed E-state index contributed by atoms with van der Waals surface area (Å²) in [6, 6.07) is -0.427. The first-order valence-corrected chi connectivity index (χ1v) is 6.90. The Hall–Kier alpha value is -1.30. The molecule has 6 heteroatoms. The van der Waals surface area contributed by atoms with Gasteiger partial charge in [-0.15, -0.1) is 0 Å². The maximum Gasteiger partial charge on any atom is 0.407 e. The van der Waals surface area contributed by atoms with Crippen molar-refractivity contribution in [2.75, 3.05) is 0 Å². The quantitative estimate of drug-likeness (QED) is 0.716. The number of carbonyl (C=O) groups is 2. The number of carbonyl (C=O) groups excluding carboxylic acids is 1. The third kappa shape index (κ3) is 3.85. The van der Waals surface area contributed by atoms with Gasteiger partial charge in [-0.3, -0.25) is 0 Å². The molecule has 2 unspecified atom stereocenters. The van der Waals surface area contributed by atoms with Gasteiger partial charge >= 0.3 is 12.1 Å². The lowest BCUT2D eigenvalue weighted by Gasteiger charge is -2.33. The lowest BCUT2D eigenvalue weighted by molar-refractivity contribution is -0.152. The van der Waals surface area contributed by atoms with Crippen LogP contribution in [0.25, 0.3) is 0 Å². The Morgan fingerprint density at radius 2 is 1.75 bits per heavy atom. The second kappa shape index (κ2) is 5.60. The van der Waals surface area contributed by atoms with Crippen LogP contribution >= 0.6 is 0 Å². The Balaban J connectivity index is 2.81. The van der Waals surface area contributed by atoms with Crippen LogP contribution in [0.4, 0.5) is 4.79 Å². The Morgan fingerprint density at radius 3 is 2.05 bits per heavy atom. The highest BCUT2D eigenvalue weighted by atomic mass is 16.6. The van der Waals surface area contributed by atoms with E-state index in [9.17, 15) is 14.7 Å². The lowest BCUT2D eigenvalue weighted by atomic mass is 9.83. The van der Waals surface area contributed by atoms with Crippen molar-refractivity contribution in [3.63, 3.8) is 0 Å². The molecule has 0 aromatic heterocycles. The zero-order chi connectivity index (χ0) is 15.7. The molecular formula is C14H25NO5. The number of hydrogen-bond donors (Lipinski definition) is 3. The van der Waals surface area contributed by atoms with Gasteiger partial charge in [0.2, 0.25) is 0 Å². The monoisotopic (exact) mass is 287 g/mol. The van der Waals surface area contributed by atoms with Crippen molar-refractivity contribution in [3.05, 3.63) is 0 Å². The van der Waals surface area contributed by atoms with Crippen LogP contribution in [0, 0.1) is 11.3 Å². The summed E-state index contributed by atoms with van der Waals surface area (Å²) in [5.41, 5.74) is -1.40. The number of rotatable bonds is 5. The van der Waals surface area contributed by atoms with Gasteiger partial charge in [-0.1, -0.05) is 13.8 Å². The molecule has 0 aliphatic heterocycles. The number of carboxylic acid groups (broad SMARTS) is 1. The van der Waals surface area contributed by atoms with Crippen LogP contribution < -0.4 is 5.32 Å². The zero-order valence-corrected chi connectivity index (χ0v) is 12.8. The summed E-state index contributed by atoms with van der Waals surface area (Å²) in [6.45, 7) is 9.05. The fourth-order valence-corrected chi connectivity index (χ4v) is 2.55. The summed E-state index contributed by atoms with van der Waals surface area (Å²) in [6.07, 6.45) is -0.886. The summed E-state index contributed by atoms with van der Waals surface area (Å²) >= 11 is 0. The summed E-state index contributed by atoms with van der Waals surface area (Å²) in [5, 5.41) is 21.6. The van der Waals surface area contributed by atoms with Crippen molar-refractivity contribution in [1.29, 1.82) is 0 Å². The Kier molecular flexibility index (Phi) is 4.69. The number of ether oxygens (including phenoxy) is 1. The molecule has 1 amide bonds. The fourth-order valence-electron chi connectivity index (χ4n) is 2.55. The number of aliphatic hydroxyl groups is 1. The molecule has 1 fully saturated rings. The molecule has 1 rings (SSSR count). The number of alkyl carbamates (subject to hydrolysis) is 1. The maximum absolute atomic E-state index is 11.9. The van der Waals surface area contributed by atoms with E-state index in [2.05, 4.69) is 5.32 Å². The first-order valence-electron chi connectivity index (χ1n) is 6.90. The van der Waals surface area contributed by atoms with E-state index < -0.39 is 35.2 Å². The van der Waals surface area contributed by atoms with Crippen molar-refractivity contribution >= 4 is 12.1 Å². The molecule has 2 atom stereocenters. The standard InChI is InChI=1S/C14H25NO5/c1-8(2)9(15-12(19)20-13(3,4)5)14(6-7-14)10(16)11(17)18/h8-10,16H,6-7H2,1-5H3,(H,15,19)(H,17,18). The highest BCUT2D eigenvalue weighted by Gasteiger charge is 2.58. The average Bonchev–Trinajstić information content (AvgIpc) is 3.03. The minimum Gasteiger partial charge on any atom is -0.479 e. The normalized spacial score (nSPS) is 20.1. The van der Waals surface area contributed by atoms with Gasteiger partial charge in [0.25, 0.3) is 0 Å². The Labute approximate surface area is 119 Å². The minimum atomic E-state index is -1.47. The van der Waals surface area contributed by atoms with Crippen LogP contribution in [-0.4, -0.2) is 40.0 Å². The minimum absolute atomic E-state index is 0.000909. The third-order valence-corrected chi connectivity index (χ3v) is 3.56. The molecule has 0 heterocycles. The molecule has 0 bridgehead atoms. The molecule has 20 heavy (non-hydrogen) atoms. The van der Waals surface area contributed by atoms with E-state index in [0.717, 1.165) is 0 Å². The molecule has 1 saturated carbocycles. The van der Waals surface area contributed by atoms with E-state index in [4.69, 9.17) is 9.84 Å². The topological polar surface area (TPSA) is 95.9 Å². The lowest BCUT2D eigenvalue weighted by Crippen LogP contribution is -2.52. The van der Waals surface area contributed by atoms with Gasteiger partial charge in [0, 0.05) is 11.5 Å². The first-order chi connectivity index (χ1) is 8.99. The van der Waals surface area contributed by atoms with Crippen LogP contribution in [0.5, 0.6) is 0 Å². The maximum atomic E-state index is 11.9. The highest BCUT2D eigenvalue weighted by Crippen LogP contribution is 2.53.